The third kappa shape index (κ3) is 8.07. The van der Waals surface area contributed by atoms with E-state index in [0.717, 1.165) is 37.0 Å². The third-order valence-electron chi connectivity index (χ3n) is 6.63. The number of aromatic carboxylic acids is 1. The molecule has 0 aliphatic heterocycles. The predicted octanol–water partition coefficient (Wildman–Crippen LogP) is 5.82. The molecule has 2 amide bonds. The molecular formula is C31H34N2O6. The van der Waals surface area contributed by atoms with E-state index in [-0.39, 0.29) is 47.5 Å². The molecule has 0 heterocycles. The standard InChI is InChI=1S/C31H34N2O6/c1-20(2)30(35)32-22-9-13-24(14-10-22)39-26-17-15-25(16-18-26)38-23-11-7-21(8-12-23)19-29(34)33-28-6-4-3-5-27(28)31(36)37/h3-8,11-12,15-18,20,22,24H,9-10,13-14,19H2,1-2H3,(H,32,35)(H,33,34)(H,36,37). The van der Waals surface area contributed by atoms with Crippen LogP contribution >= 0.6 is 0 Å². The molecule has 39 heavy (non-hydrogen) atoms. The summed E-state index contributed by atoms with van der Waals surface area (Å²) in [6.07, 6.45) is 3.86. The Labute approximate surface area is 228 Å². The fraction of sp³-hybridized carbons (Fsp3) is 0.323. The van der Waals surface area contributed by atoms with Crippen LogP contribution in [0.2, 0.25) is 0 Å². The summed E-state index contributed by atoms with van der Waals surface area (Å²) in [7, 11) is 0. The molecule has 0 unspecified atom stereocenters. The van der Waals surface area contributed by atoms with E-state index in [1.165, 1.54) is 6.07 Å². The average Bonchev–Trinajstić information content (AvgIpc) is 2.92. The number of carboxylic acids is 1. The Morgan fingerprint density at radius 2 is 1.44 bits per heavy atom. The molecule has 1 aliphatic rings. The first kappa shape index (κ1) is 27.7. The van der Waals surface area contributed by atoms with Crippen molar-refractivity contribution >= 4 is 23.5 Å². The zero-order chi connectivity index (χ0) is 27.8. The van der Waals surface area contributed by atoms with E-state index in [2.05, 4.69) is 10.6 Å². The second-order valence-electron chi connectivity index (χ2n) is 10.0. The number of carbonyl (C=O) groups is 3. The minimum atomic E-state index is -1.09. The lowest BCUT2D eigenvalue weighted by Gasteiger charge is -2.30. The number of amides is 2. The van der Waals surface area contributed by atoms with Gasteiger partial charge in [0.05, 0.1) is 23.8 Å². The maximum absolute atomic E-state index is 12.4. The van der Waals surface area contributed by atoms with Gasteiger partial charge in [-0.25, -0.2) is 4.79 Å². The SMILES string of the molecule is CC(C)C(=O)NC1CCC(Oc2ccc(Oc3ccc(CC(=O)Nc4ccccc4C(=O)O)cc3)cc2)CC1. The zero-order valence-electron chi connectivity index (χ0n) is 22.2. The lowest BCUT2D eigenvalue weighted by atomic mass is 9.92. The normalized spacial score (nSPS) is 16.8. The van der Waals surface area contributed by atoms with Gasteiger partial charge in [-0.1, -0.05) is 38.1 Å². The molecule has 1 aliphatic carbocycles. The van der Waals surface area contributed by atoms with Gasteiger partial charge in [-0.2, -0.15) is 0 Å². The molecule has 0 saturated heterocycles. The Hall–Kier alpha value is -4.33. The highest BCUT2D eigenvalue weighted by Crippen LogP contribution is 2.28. The summed E-state index contributed by atoms with van der Waals surface area (Å²) in [5.41, 5.74) is 1.09. The first-order chi connectivity index (χ1) is 18.8. The molecule has 1 saturated carbocycles. The summed E-state index contributed by atoms with van der Waals surface area (Å²) in [5, 5.41) is 15.0. The fourth-order valence-electron chi connectivity index (χ4n) is 4.44. The van der Waals surface area contributed by atoms with Crippen LogP contribution in [0, 0.1) is 5.92 Å². The van der Waals surface area contributed by atoms with Gasteiger partial charge in [-0.15, -0.1) is 0 Å². The molecule has 0 bridgehead atoms. The molecule has 0 atom stereocenters. The second kappa shape index (κ2) is 13.0. The maximum atomic E-state index is 12.4. The lowest BCUT2D eigenvalue weighted by molar-refractivity contribution is -0.125. The number of hydrogen-bond acceptors (Lipinski definition) is 5. The molecule has 8 nitrogen and oxygen atoms in total. The van der Waals surface area contributed by atoms with Crippen molar-refractivity contribution in [3.8, 4) is 17.2 Å². The van der Waals surface area contributed by atoms with E-state index in [1.807, 2.05) is 38.1 Å². The topological polar surface area (TPSA) is 114 Å². The molecular weight excluding hydrogens is 496 g/mol. The monoisotopic (exact) mass is 530 g/mol. The number of benzene rings is 3. The van der Waals surface area contributed by atoms with Crippen LogP contribution in [0.4, 0.5) is 5.69 Å². The van der Waals surface area contributed by atoms with Crippen molar-refractivity contribution in [3.63, 3.8) is 0 Å². The molecule has 3 aromatic carbocycles. The second-order valence-corrected chi connectivity index (χ2v) is 10.0. The lowest BCUT2D eigenvalue weighted by Crippen LogP contribution is -2.41. The Bertz CT molecular complexity index is 1280. The molecule has 3 N–H and O–H groups in total. The Balaban J connectivity index is 1.23. The number of rotatable bonds is 10. The summed E-state index contributed by atoms with van der Waals surface area (Å²) >= 11 is 0. The van der Waals surface area contributed by atoms with Crippen LogP contribution in [0.3, 0.4) is 0 Å². The van der Waals surface area contributed by atoms with Crippen molar-refractivity contribution in [1.82, 2.24) is 5.32 Å². The van der Waals surface area contributed by atoms with Gasteiger partial charge in [0.2, 0.25) is 11.8 Å². The molecule has 3 aromatic rings. The fourth-order valence-corrected chi connectivity index (χ4v) is 4.44. The summed E-state index contributed by atoms with van der Waals surface area (Å²) in [5.74, 6) is 0.783. The number of carbonyl (C=O) groups excluding carboxylic acids is 2. The van der Waals surface area contributed by atoms with Gasteiger partial charge in [-0.05, 0) is 79.8 Å². The smallest absolute Gasteiger partial charge is 0.337 e. The largest absolute Gasteiger partial charge is 0.490 e. The van der Waals surface area contributed by atoms with E-state index in [1.54, 1.807) is 42.5 Å². The van der Waals surface area contributed by atoms with Crippen molar-refractivity contribution < 1.29 is 29.0 Å². The van der Waals surface area contributed by atoms with Gasteiger partial charge in [0.25, 0.3) is 0 Å². The molecule has 0 spiro atoms. The quantitative estimate of drug-likeness (QED) is 0.304. The maximum Gasteiger partial charge on any atom is 0.337 e. The molecule has 204 valence electrons. The zero-order valence-corrected chi connectivity index (χ0v) is 22.2. The van der Waals surface area contributed by atoms with Crippen LogP contribution in [0.1, 0.15) is 55.5 Å². The van der Waals surface area contributed by atoms with Crippen molar-refractivity contribution in [1.29, 1.82) is 0 Å². The molecule has 0 aromatic heterocycles. The van der Waals surface area contributed by atoms with E-state index in [9.17, 15) is 19.5 Å². The van der Waals surface area contributed by atoms with Gasteiger partial charge >= 0.3 is 5.97 Å². The van der Waals surface area contributed by atoms with Crippen molar-refractivity contribution in [2.24, 2.45) is 5.92 Å². The minimum absolute atomic E-state index is 0.000222. The van der Waals surface area contributed by atoms with E-state index < -0.39 is 5.97 Å². The van der Waals surface area contributed by atoms with Gasteiger partial charge in [-0.3, -0.25) is 9.59 Å². The van der Waals surface area contributed by atoms with Gasteiger partial charge < -0.3 is 25.2 Å². The van der Waals surface area contributed by atoms with Crippen molar-refractivity contribution in [3.05, 3.63) is 83.9 Å². The summed E-state index contributed by atoms with van der Waals surface area (Å²) in [4.78, 5) is 35.7. The Kier molecular flexibility index (Phi) is 9.20. The highest BCUT2D eigenvalue weighted by Gasteiger charge is 2.24. The summed E-state index contributed by atoms with van der Waals surface area (Å²) < 4.78 is 12.1. The summed E-state index contributed by atoms with van der Waals surface area (Å²) in [6.45, 7) is 3.81. The van der Waals surface area contributed by atoms with Gasteiger partial charge in [0.15, 0.2) is 0 Å². The average molecular weight is 531 g/mol. The molecule has 0 radical (unpaired) electrons. The van der Waals surface area contributed by atoms with Crippen molar-refractivity contribution in [2.45, 2.75) is 58.1 Å². The number of carboxylic acid groups (broad SMARTS) is 1. The summed E-state index contributed by atoms with van der Waals surface area (Å²) in [6, 6.07) is 21.2. The van der Waals surface area contributed by atoms with Crippen LogP contribution < -0.4 is 20.1 Å². The van der Waals surface area contributed by atoms with Gasteiger partial charge in [0.1, 0.15) is 17.2 Å². The van der Waals surface area contributed by atoms with E-state index in [0.29, 0.717) is 11.5 Å². The number of para-hydroxylation sites is 1. The number of nitrogens with one attached hydrogen (secondary N) is 2. The van der Waals surface area contributed by atoms with Crippen molar-refractivity contribution in [2.75, 3.05) is 5.32 Å². The first-order valence-corrected chi connectivity index (χ1v) is 13.2. The highest BCUT2D eigenvalue weighted by atomic mass is 16.5. The van der Waals surface area contributed by atoms with Crippen LogP contribution in [-0.4, -0.2) is 35.0 Å². The predicted molar refractivity (Wildman–Crippen MR) is 148 cm³/mol. The van der Waals surface area contributed by atoms with E-state index in [4.69, 9.17) is 9.47 Å². The molecule has 4 rings (SSSR count). The molecule has 8 heteroatoms. The van der Waals surface area contributed by atoms with Crippen LogP contribution in [0.15, 0.2) is 72.8 Å². The number of anilines is 1. The number of hydrogen-bond donors (Lipinski definition) is 3. The number of ether oxygens (including phenoxy) is 2. The Morgan fingerprint density at radius 1 is 0.846 bits per heavy atom. The van der Waals surface area contributed by atoms with E-state index >= 15 is 0 Å². The minimum Gasteiger partial charge on any atom is -0.490 e. The molecule has 1 fully saturated rings. The highest BCUT2D eigenvalue weighted by molar-refractivity contribution is 6.01. The van der Waals surface area contributed by atoms with Crippen LogP contribution in [0.25, 0.3) is 0 Å². The van der Waals surface area contributed by atoms with Gasteiger partial charge in [0, 0.05) is 12.0 Å². The Morgan fingerprint density at radius 3 is 2.05 bits per heavy atom. The van der Waals surface area contributed by atoms with Crippen LogP contribution in [0.5, 0.6) is 17.2 Å². The first-order valence-electron chi connectivity index (χ1n) is 13.2. The third-order valence-corrected chi connectivity index (χ3v) is 6.63. The van der Waals surface area contributed by atoms with Crippen LogP contribution in [-0.2, 0) is 16.0 Å².